The van der Waals surface area contributed by atoms with Crippen LogP contribution in [0, 0.1) is 0 Å². The third-order valence-electron chi connectivity index (χ3n) is 2.35. The molecule has 0 aromatic heterocycles. The smallest absolute Gasteiger partial charge is 0.327 e. The summed E-state index contributed by atoms with van der Waals surface area (Å²) >= 11 is 0. The van der Waals surface area contributed by atoms with Gasteiger partial charge < -0.3 is 14.2 Å². The van der Waals surface area contributed by atoms with Gasteiger partial charge in [-0.2, -0.15) is 0 Å². The first kappa shape index (κ1) is 16.9. The van der Waals surface area contributed by atoms with Crippen LogP contribution in [0.1, 0.15) is 39.0 Å². The van der Waals surface area contributed by atoms with Gasteiger partial charge >= 0.3 is 7.60 Å². The molecule has 0 amide bonds. The summed E-state index contributed by atoms with van der Waals surface area (Å²) in [5.41, 5.74) is 0. The van der Waals surface area contributed by atoms with Crippen molar-refractivity contribution in [1.29, 1.82) is 0 Å². The summed E-state index contributed by atoms with van der Waals surface area (Å²) in [4.78, 5) is 9.14. The monoisotopic (exact) mass is 264 g/mol. The second-order valence-corrected chi connectivity index (χ2v) is 5.97. The zero-order chi connectivity index (χ0) is 13.0. The number of allylic oxidation sites excluding steroid dienone is 1. The van der Waals surface area contributed by atoms with Crippen LogP contribution >= 0.6 is 7.60 Å². The molecule has 4 nitrogen and oxygen atoms in total. The van der Waals surface area contributed by atoms with E-state index in [4.69, 9.17) is 9.63 Å². The molecule has 0 aromatic rings. The first-order valence-corrected chi connectivity index (χ1v) is 7.99. The average Bonchev–Trinajstić information content (AvgIpc) is 2.31. The van der Waals surface area contributed by atoms with Gasteiger partial charge in [-0.3, -0.25) is 4.57 Å². The van der Waals surface area contributed by atoms with E-state index in [-0.39, 0.29) is 6.16 Å². The van der Waals surface area contributed by atoms with E-state index >= 15 is 0 Å². The van der Waals surface area contributed by atoms with Crippen LogP contribution in [0.4, 0.5) is 0 Å². The van der Waals surface area contributed by atoms with E-state index in [1.54, 1.807) is 0 Å². The molecule has 0 rings (SSSR count). The summed E-state index contributed by atoms with van der Waals surface area (Å²) in [6.07, 6.45) is 9.07. The lowest BCUT2D eigenvalue weighted by atomic mass is 10.3. The van der Waals surface area contributed by atoms with Crippen molar-refractivity contribution in [3.63, 3.8) is 0 Å². The van der Waals surface area contributed by atoms with Crippen LogP contribution in [0.2, 0.25) is 0 Å². The first-order valence-electron chi connectivity index (χ1n) is 6.22. The van der Waals surface area contributed by atoms with Crippen LogP contribution in [0.5, 0.6) is 0 Å². The fourth-order valence-electron chi connectivity index (χ4n) is 1.32. The van der Waals surface area contributed by atoms with Gasteiger partial charge in [-0.25, -0.2) is 0 Å². The topological polar surface area (TPSA) is 55.8 Å². The van der Waals surface area contributed by atoms with Gasteiger partial charge in [-0.15, -0.1) is 0 Å². The first-order chi connectivity index (χ1) is 8.12. The molecule has 0 bridgehead atoms. The molecular weight excluding hydrogens is 239 g/mol. The Morgan fingerprint density at radius 2 is 1.94 bits per heavy atom. The Morgan fingerprint density at radius 1 is 1.18 bits per heavy atom. The molecule has 0 aliphatic heterocycles. The van der Waals surface area contributed by atoms with Crippen LogP contribution < -0.4 is 0 Å². The number of hydrogen-bond donors (Lipinski definition) is 1. The second-order valence-electron chi connectivity index (χ2n) is 3.88. The van der Waals surface area contributed by atoms with E-state index in [0.29, 0.717) is 6.42 Å². The lowest BCUT2D eigenvalue weighted by Gasteiger charge is -2.08. The molecule has 5 heteroatoms. The van der Waals surface area contributed by atoms with Gasteiger partial charge in [-0.1, -0.05) is 25.5 Å². The van der Waals surface area contributed by atoms with Crippen LogP contribution in [0.15, 0.2) is 12.2 Å². The van der Waals surface area contributed by atoms with Crippen LogP contribution in [-0.4, -0.2) is 31.4 Å². The van der Waals surface area contributed by atoms with Crippen molar-refractivity contribution in [3.05, 3.63) is 12.2 Å². The minimum absolute atomic E-state index is 0.239. The van der Waals surface area contributed by atoms with Crippen LogP contribution in [-0.2, 0) is 13.8 Å². The largest absolute Gasteiger partial charge is 0.381 e. The molecule has 0 aliphatic carbocycles. The lowest BCUT2D eigenvalue weighted by molar-refractivity contribution is 0.134. The predicted molar refractivity (Wildman–Crippen MR) is 70.4 cm³/mol. The predicted octanol–water partition coefficient (Wildman–Crippen LogP) is 3.36. The van der Waals surface area contributed by atoms with E-state index < -0.39 is 7.60 Å². The number of unbranched alkanes of at least 4 members (excludes halogenated alkanes) is 2. The van der Waals surface area contributed by atoms with Crippen molar-refractivity contribution in [1.82, 2.24) is 0 Å². The Hall–Kier alpha value is -0.150. The maximum absolute atomic E-state index is 11.1. The molecule has 0 spiro atoms. The molecule has 0 saturated carbocycles. The maximum atomic E-state index is 11.1. The van der Waals surface area contributed by atoms with Crippen molar-refractivity contribution >= 4 is 7.60 Å². The van der Waals surface area contributed by atoms with Gasteiger partial charge in [0, 0.05) is 19.9 Å². The SMILES string of the molecule is CCC=CCCOCCCCCP(=O)(O)OC. The van der Waals surface area contributed by atoms with Gasteiger partial charge in [0.25, 0.3) is 0 Å². The highest BCUT2D eigenvalue weighted by Gasteiger charge is 2.15. The molecule has 0 radical (unpaired) electrons. The van der Waals surface area contributed by atoms with Crippen molar-refractivity contribution in [2.75, 3.05) is 26.5 Å². The molecule has 1 unspecified atom stereocenters. The summed E-state index contributed by atoms with van der Waals surface area (Å²) in [7, 11) is -2.03. The van der Waals surface area contributed by atoms with Crippen molar-refractivity contribution < 1.29 is 18.7 Å². The number of ether oxygens (including phenoxy) is 1. The summed E-state index contributed by atoms with van der Waals surface area (Å²) in [5.74, 6) is 0. The fourth-order valence-corrected chi connectivity index (χ4v) is 2.13. The number of rotatable bonds is 11. The Kier molecular flexibility index (Phi) is 10.9. The second kappa shape index (κ2) is 11.0. The highest BCUT2D eigenvalue weighted by Crippen LogP contribution is 2.41. The Morgan fingerprint density at radius 3 is 2.59 bits per heavy atom. The van der Waals surface area contributed by atoms with E-state index in [1.807, 2.05) is 0 Å². The molecule has 0 fully saturated rings. The van der Waals surface area contributed by atoms with Gasteiger partial charge in [0.05, 0.1) is 6.61 Å². The molecule has 0 saturated heterocycles. The highest BCUT2D eigenvalue weighted by molar-refractivity contribution is 7.52. The maximum Gasteiger partial charge on any atom is 0.327 e. The summed E-state index contributed by atoms with van der Waals surface area (Å²) < 4.78 is 21.0. The van der Waals surface area contributed by atoms with Crippen LogP contribution in [0.25, 0.3) is 0 Å². The Bertz CT molecular complexity index is 241. The minimum Gasteiger partial charge on any atom is -0.381 e. The van der Waals surface area contributed by atoms with Crippen molar-refractivity contribution in [2.45, 2.75) is 39.0 Å². The number of hydrogen-bond acceptors (Lipinski definition) is 3. The zero-order valence-electron chi connectivity index (χ0n) is 10.9. The molecule has 0 aromatic carbocycles. The van der Waals surface area contributed by atoms with Crippen molar-refractivity contribution in [2.24, 2.45) is 0 Å². The molecule has 0 heterocycles. The molecular formula is C12H25O4P. The Balaban J connectivity index is 3.19. The fraction of sp³-hybridized carbons (Fsp3) is 0.833. The molecule has 102 valence electrons. The van der Waals surface area contributed by atoms with Crippen LogP contribution in [0.3, 0.4) is 0 Å². The zero-order valence-corrected chi connectivity index (χ0v) is 11.8. The van der Waals surface area contributed by atoms with E-state index in [1.165, 1.54) is 7.11 Å². The van der Waals surface area contributed by atoms with Gasteiger partial charge in [0.15, 0.2) is 0 Å². The molecule has 1 atom stereocenters. The summed E-state index contributed by atoms with van der Waals surface area (Å²) in [6, 6.07) is 0. The molecule has 0 aliphatic rings. The average molecular weight is 264 g/mol. The third-order valence-corrected chi connectivity index (χ3v) is 3.80. The van der Waals surface area contributed by atoms with E-state index in [0.717, 1.165) is 38.9 Å². The third kappa shape index (κ3) is 12.1. The lowest BCUT2D eigenvalue weighted by Crippen LogP contribution is -1.97. The van der Waals surface area contributed by atoms with E-state index in [9.17, 15) is 4.57 Å². The quantitative estimate of drug-likeness (QED) is 0.353. The van der Waals surface area contributed by atoms with E-state index in [2.05, 4.69) is 23.6 Å². The van der Waals surface area contributed by atoms with Gasteiger partial charge in [0.2, 0.25) is 0 Å². The summed E-state index contributed by atoms with van der Waals surface area (Å²) in [5, 5.41) is 0. The van der Waals surface area contributed by atoms with Gasteiger partial charge in [-0.05, 0) is 25.7 Å². The molecule has 17 heavy (non-hydrogen) atoms. The standard InChI is InChI=1S/C12H25O4P/c1-3-4-5-7-10-16-11-8-6-9-12-17(13,14)15-2/h4-5H,3,6-12H2,1-2H3,(H,13,14). The highest BCUT2D eigenvalue weighted by atomic mass is 31.2. The molecule has 1 N–H and O–H groups in total. The minimum atomic E-state index is -3.30. The summed E-state index contributed by atoms with van der Waals surface area (Å²) in [6.45, 7) is 3.59. The van der Waals surface area contributed by atoms with Crippen molar-refractivity contribution in [3.8, 4) is 0 Å². The normalized spacial score (nSPS) is 15.2. The van der Waals surface area contributed by atoms with Gasteiger partial charge in [0.1, 0.15) is 0 Å². The Labute approximate surface area is 105 Å².